The van der Waals surface area contributed by atoms with Crippen LogP contribution in [0.3, 0.4) is 0 Å². The number of carbonyl (C=O) groups is 2. The van der Waals surface area contributed by atoms with Crippen molar-refractivity contribution in [3.63, 3.8) is 0 Å². The average Bonchev–Trinajstić information content (AvgIpc) is 2.27. The Morgan fingerprint density at radius 1 is 1.29 bits per heavy atom. The van der Waals surface area contributed by atoms with Crippen molar-refractivity contribution >= 4 is 17.6 Å². The van der Waals surface area contributed by atoms with Gasteiger partial charge in [0.25, 0.3) is 0 Å². The Morgan fingerprint density at radius 3 is 2.53 bits per heavy atom. The first kappa shape index (κ1) is 12.4. The van der Waals surface area contributed by atoms with Gasteiger partial charge in [-0.1, -0.05) is 12.1 Å². The lowest BCUT2D eigenvalue weighted by molar-refractivity contribution is -0.385. The normalized spacial score (nSPS) is 10.1. The van der Waals surface area contributed by atoms with Crippen molar-refractivity contribution in [2.24, 2.45) is 0 Å². The molecule has 7 nitrogen and oxygen atoms in total. The number of ether oxygens (including phenoxy) is 1. The Hall–Kier alpha value is -2.70. The molecule has 0 unspecified atom stereocenters. The molecular weight excluding hydrogens is 230 g/mol. The van der Waals surface area contributed by atoms with E-state index in [1.165, 1.54) is 24.3 Å². The van der Waals surface area contributed by atoms with Crippen LogP contribution in [0.25, 0.3) is 0 Å². The Morgan fingerprint density at radius 2 is 1.94 bits per heavy atom. The Bertz CT molecular complexity index is 493. The molecule has 0 aliphatic heterocycles. The summed E-state index contributed by atoms with van der Waals surface area (Å²) in [6.07, 6.45) is 1.25. The topological polar surface area (TPSA) is 107 Å². The van der Waals surface area contributed by atoms with Crippen molar-refractivity contribution in [3.05, 3.63) is 46.5 Å². The van der Waals surface area contributed by atoms with E-state index in [0.717, 1.165) is 0 Å². The second-order valence-corrected chi connectivity index (χ2v) is 2.82. The maximum absolute atomic E-state index is 11.1. The van der Waals surface area contributed by atoms with E-state index in [0.29, 0.717) is 12.2 Å². The van der Waals surface area contributed by atoms with E-state index in [-0.39, 0.29) is 11.4 Å². The summed E-state index contributed by atoms with van der Waals surface area (Å²) < 4.78 is 4.63. The average molecular weight is 237 g/mol. The SMILES string of the molecule is O=C(O)C=CC(=O)Oc1ccccc1[N+](=O)[O-]. The molecule has 7 heteroatoms. The first-order chi connectivity index (χ1) is 8.00. The largest absolute Gasteiger partial charge is 0.478 e. The summed E-state index contributed by atoms with van der Waals surface area (Å²) in [5.74, 6) is -2.55. The second kappa shape index (κ2) is 5.40. The predicted molar refractivity (Wildman–Crippen MR) is 55.5 cm³/mol. The third kappa shape index (κ3) is 3.74. The lowest BCUT2D eigenvalue weighted by atomic mass is 10.3. The third-order valence-electron chi connectivity index (χ3n) is 1.63. The number of rotatable bonds is 4. The van der Waals surface area contributed by atoms with Gasteiger partial charge in [-0.05, 0) is 6.07 Å². The summed E-state index contributed by atoms with van der Waals surface area (Å²) in [5.41, 5.74) is -0.371. The maximum atomic E-state index is 11.1. The molecule has 0 aliphatic carbocycles. The molecule has 0 amide bonds. The summed E-state index contributed by atoms with van der Waals surface area (Å²) in [4.78, 5) is 31.1. The molecule has 1 aromatic carbocycles. The molecule has 0 radical (unpaired) electrons. The summed E-state index contributed by atoms with van der Waals surface area (Å²) in [5, 5.41) is 18.8. The molecule has 17 heavy (non-hydrogen) atoms. The van der Waals surface area contributed by atoms with Crippen LogP contribution in [0.5, 0.6) is 5.75 Å². The van der Waals surface area contributed by atoms with Crippen molar-refractivity contribution in [2.75, 3.05) is 0 Å². The summed E-state index contributed by atoms with van der Waals surface area (Å²) in [6, 6.07) is 5.28. The van der Waals surface area contributed by atoms with Gasteiger partial charge in [0.1, 0.15) is 0 Å². The maximum Gasteiger partial charge on any atom is 0.336 e. The number of nitro groups is 1. The summed E-state index contributed by atoms with van der Waals surface area (Å²) in [6.45, 7) is 0. The zero-order chi connectivity index (χ0) is 12.8. The van der Waals surface area contributed by atoms with E-state index in [1.807, 2.05) is 0 Å². The number of carboxylic acids is 1. The van der Waals surface area contributed by atoms with Gasteiger partial charge in [-0.2, -0.15) is 0 Å². The number of nitro benzene ring substituents is 1. The molecule has 0 atom stereocenters. The molecule has 0 spiro atoms. The molecule has 0 saturated carbocycles. The first-order valence-corrected chi connectivity index (χ1v) is 4.37. The van der Waals surface area contributed by atoms with Gasteiger partial charge in [0.2, 0.25) is 5.75 Å². The first-order valence-electron chi connectivity index (χ1n) is 4.37. The number of benzene rings is 1. The molecular formula is C10H7NO6. The van der Waals surface area contributed by atoms with Gasteiger partial charge >= 0.3 is 17.6 Å². The highest BCUT2D eigenvalue weighted by atomic mass is 16.6. The molecule has 1 N–H and O–H groups in total. The quantitative estimate of drug-likeness (QED) is 0.276. The van der Waals surface area contributed by atoms with E-state index >= 15 is 0 Å². The van der Waals surface area contributed by atoms with Crippen molar-refractivity contribution in [3.8, 4) is 5.75 Å². The van der Waals surface area contributed by atoms with Crippen LogP contribution in [-0.4, -0.2) is 22.0 Å². The van der Waals surface area contributed by atoms with Crippen LogP contribution in [0, 0.1) is 10.1 Å². The highest BCUT2D eigenvalue weighted by Gasteiger charge is 2.15. The van der Waals surface area contributed by atoms with E-state index in [2.05, 4.69) is 4.74 Å². The van der Waals surface area contributed by atoms with Crippen molar-refractivity contribution < 1.29 is 24.4 Å². The zero-order valence-electron chi connectivity index (χ0n) is 8.40. The summed E-state index contributed by atoms with van der Waals surface area (Å²) >= 11 is 0. The third-order valence-corrected chi connectivity index (χ3v) is 1.63. The molecule has 0 heterocycles. The van der Waals surface area contributed by atoms with E-state index < -0.39 is 16.9 Å². The second-order valence-electron chi connectivity index (χ2n) is 2.82. The molecule has 1 rings (SSSR count). The summed E-state index contributed by atoms with van der Waals surface area (Å²) in [7, 11) is 0. The van der Waals surface area contributed by atoms with Crippen LogP contribution >= 0.6 is 0 Å². The number of hydrogen-bond donors (Lipinski definition) is 1. The lowest BCUT2D eigenvalue weighted by Crippen LogP contribution is -2.06. The Balaban J connectivity index is 2.85. The van der Waals surface area contributed by atoms with Gasteiger partial charge in [-0.3, -0.25) is 10.1 Å². The van der Waals surface area contributed by atoms with Crippen molar-refractivity contribution in [1.82, 2.24) is 0 Å². The Kier molecular flexibility index (Phi) is 3.93. The van der Waals surface area contributed by atoms with Crippen LogP contribution in [0.2, 0.25) is 0 Å². The fourth-order valence-electron chi connectivity index (χ4n) is 0.976. The van der Waals surface area contributed by atoms with Gasteiger partial charge in [-0.15, -0.1) is 0 Å². The standard InChI is InChI=1S/C10H7NO6/c12-9(13)5-6-10(14)17-8-4-2-1-3-7(8)11(15)16/h1-6H,(H,12,13). The van der Waals surface area contributed by atoms with Crippen LogP contribution < -0.4 is 4.74 Å². The van der Waals surface area contributed by atoms with Crippen LogP contribution in [0.4, 0.5) is 5.69 Å². The highest BCUT2D eigenvalue weighted by molar-refractivity contribution is 5.92. The monoisotopic (exact) mass is 237 g/mol. The van der Waals surface area contributed by atoms with Gasteiger partial charge in [0, 0.05) is 18.2 Å². The van der Waals surface area contributed by atoms with Gasteiger partial charge in [0.15, 0.2) is 0 Å². The number of para-hydroxylation sites is 2. The van der Waals surface area contributed by atoms with Gasteiger partial charge in [-0.25, -0.2) is 9.59 Å². The smallest absolute Gasteiger partial charge is 0.336 e. The predicted octanol–water partition coefficient (Wildman–Crippen LogP) is 1.14. The van der Waals surface area contributed by atoms with Gasteiger partial charge in [0.05, 0.1) is 4.92 Å². The number of carboxylic acid groups (broad SMARTS) is 1. The Labute approximate surface area is 95.1 Å². The van der Waals surface area contributed by atoms with Gasteiger partial charge < -0.3 is 9.84 Å². The lowest BCUT2D eigenvalue weighted by Gasteiger charge is -2.01. The molecule has 0 aliphatic rings. The molecule has 0 aromatic heterocycles. The highest BCUT2D eigenvalue weighted by Crippen LogP contribution is 2.25. The minimum absolute atomic E-state index is 0.238. The van der Waals surface area contributed by atoms with Crippen LogP contribution in [0.1, 0.15) is 0 Å². The number of carbonyl (C=O) groups excluding carboxylic acids is 1. The van der Waals surface area contributed by atoms with Crippen LogP contribution in [-0.2, 0) is 9.59 Å². The minimum Gasteiger partial charge on any atom is -0.478 e. The number of hydrogen-bond acceptors (Lipinski definition) is 5. The molecule has 0 fully saturated rings. The van der Waals surface area contributed by atoms with Crippen molar-refractivity contribution in [2.45, 2.75) is 0 Å². The molecule has 0 saturated heterocycles. The van der Waals surface area contributed by atoms with Crippen molar-refractivity contribution in [1.29, 1.82) is 0 Å². The number of aliphatic carboxylic acids is 1. The molecule has 1 aromatic rings. The zero-order valence-corrected chi connectivity index (χ0v) is 8.40. The van der Waals surface area contributed by atoms with E-state index in [4.69, 9.17) is 5.11 Å². The van der Waals surface area contributed by atoms with Crippen LogP contribution in [0.15, 0.2) is 36.4 Å². The fraction of sp³-hybridized carbons (Fsp3) is 0. The van der Waals surface area contributed by atoms with E-state index in [9.17, 15) is 19.7 Å². The molecule has 88 valence electrons. The number of nitrogens with zero attached hydrogens (tertiary/aromatic N) is 1. The van der Waals surface area contributed by atoms with E-state index in [1.54, 1.807) is 0 Å². The minimum atomic E-state index is -1.32. The molecule has 0 bridgehead atoms. The number of esters is 1. The fourth-order valence-corrected chi connectivity index (χ4v) is 0.976.